The summed E-state index contributed by atoms with van der Waals surface area (Å²) < 4.78 is 14.3. The maximum absolute atomic E-state index is 11.8. The van der Waals surface area contributed by atoms with Gasteiger partial charge in [0.05, 0.1) is 20.1 Å². The Morgan fingerprint density at radius 1 is 1.22 bits per heavy atom. The molecule has 18 heavy (non-hydrogen) atoms. The molecule has 2 aliphatic heterocycles. The largest absolute Gasteiger partial charge is 0.469 e. The van der Waals surface area contributed by atoms with Gasteiger partial charge in [-0.2, -0.15) is 0 Å². The number of rotatable bonds is 2. The molecule has 0 aromatic carbocycles. The van der Waals surface area contributed by atoms with E-state index in [1.165, 1.54) is 20.3 Å². The summed E-state index contributed by atoms with van der Waals surface area (Å²) in [7, 11) is 2.38. The Morgan fingerprint density at radius 3 is 2.28 bits per heavy atom. The summed E-state index contributed by atoms with van der Waals surface area (Å²) in [5.74, 6) is -4.83. The van der Waals surface area contributed by atoms with Gasteiger partial charge < -0.3 is 14.2 Å². The number of esters is 3. The van der Waals surface area contributed by atoms with Crippen LogP contribution in [0.1, 0.15) is 0 Å². The highest BCUT2D eigenvalue weighted by atomic mass is 35.5. The second-order valence-electron chi connectivity index (χ2n) is 4.03. The zero-order chi connectivity index (χ0) is 13.4. The van der Waals surface area contributed by atoms with Crippen LogP contribution in [0, 0.1) is 17.8 Å². The maximum atomic E-state index is 11.8. The van der Waals surface area contributed by atoms with Crippen molar-refractivity contribution in [2.45, 2.75) is 6.10 Å². The summed E-state index contributed by atoms with van der Waals surface area (Å²) in [5.41, 5.74) is 0. The molecule has 4 atom stereocenters. The lowest BCUT2D eigenvalue weighted by Crippen LogP contribution is -2.54. The fourth-order valence-corrected chi connectivity index (χ4v) is 2.71. The van der Waals surface area contributed by atoms with Crippen LogP contribution < -0.4 is 0 Å². The lowest BCUT2D eigenvalue weighted by molar-refractivity contribution is -0.185. The molecule has 0 aromatic heterocycles. The Morgan fingerprint density at radius 2 is 1.78 bits per heavy atom. The van der Waals surface area contributed by atoms with Crippen LogP contribution in [0.25, 0.3) is 0 Å². The molecular weight excluding hydrogens is 264 g/mol. The third kappa shape index (κ3) is 1.77. The normalized spacial score (nSPS) is 33.5. The van der Waals surface area contributed by atoms with Crippen molar-refractivity contribution in [1.82, 2.24) is 0 Å². The smallest absolute Gasteiger partial charge is 0.315 e. The fraction of sp³-hybridized carbons (Fsp3) is 0.545. The van der Waals surface area contributed by atoms with E-state index in [1.54, 1.807) is 0 Å². The van der Waals surface area contributed by atoms with Crippen molar-refractivity contribution in [2.75, 3.05) is 14.2 Å². The van der Waals surface area contributed by atoms with E-state index in [9.17, 15) is 14.4 Å². The molecule has 0 unspecified atom stereocenters. The molecule has 0 saturated carbocycles. The molecule has 7 heteroatoms. The monoisotopic (exact) mass is 274 g/mol. The zero-order valence-electron chi connectivity index (χ0n) is 9.71. The van der Waals surface area contributed by atoms with Gasteiger partial charge in [0.15, 0.2) is 0 Å². The summed E-state index contributed by atoms with van der Waals surface area (Å²) in [6.45, 7) is 0. The Labute approximate surface area is 108 Å². The first-order chi connectivity index (χ1) is 8.51. The molecule has 3 rings (SSSR count). The van der Waals surface area contributed by atoms with Crippen molar-refractivity contribution in [3.63, 3.8) is 0 Å². The molecule has 0 N–H and O–H groups in total. The van der Waals surface area contributed by atoms with Gasteiger partial charge in [-0.05, 0) is 6.08 Å². The Hall–Kier alpha value is -1.56. The molecule has 6 nitrogen and oxygen atoms in total. The minimum atomic E-state index is -0.994. The average molecular weight is 275 g/mol. The van der Waals surface area contributed by atoms with Crippen LogP contribution >= 0.6 is 11.6 Å². The van der Waals surface area contributed by atoms with Gasteiger partial charge >= 0.3 is 17.9 Å². The molecule has 0 radical (unpaired) electrons. The molecule has 1 aliphatic carbocycles. The number of ether oxygens (including phenoxy) is 3. The van der Waals surface area contributed by atoms with Crippen LogP contribution in [-0.2, 0) is 28.6 Å². The van der Waals surface area contributed by atoms with E-state index in [1.807, 2.05) is 0 Å². The standard InChI is InChI=1S/C11H11ClO6/c1-16-9(13)7-5-3-4(12)6(11(15)18-5)8(7)10(14)17-2/h3,5-8H,1-2H3/t5-,6+,7+,8-/m0/s1. The first kappa shape index (κ1) is 12.9. The molecule has 0 aromatic rings. The van der Waals surface area contributed by atoms with E-state index < -0.39 is 41.8 Å². The first-order valence-electron chi connectivity index (χ1n) is 5.24. The highest BCUT2D eigenvalue weighted by Gasteiger charge is 2.57. The van der Waals surface area contributed by atoms with Crippen LogP contribution in [0.4, 0.5) is 0 Å². The summed E-state index contributed by atoms with van der Waals surface area (Å²) in [6.07, 6.45) is 0.570. The van der Waals surface area contributed by atoms with Crippen molar-refractivity contribution in [1.29, 1.82) is 0 Å². The number of hydrogen-bond donors (Lipinski definition) is 0. The molecule has 2 heterocycles. The number of carbonyl (C=O) groups excluding carboxylic acids is 3. The van der Waals surface area contributed by atoms with Crippen molar-refractivity contribution in [3.05, 3.63) is 11.1 Å². The molecule has 1 saturated heterocycles. The predicted molar refractivity (Wildman–Crippen MR) is 58.3 cm³/mol. The summed E-state index contributed by atoms with van der Waals surface area (Å²) in [4.78, 5) is 35.1. The molecule has 0 amide bonds. The van der Waals surface area contributed by atoms with Gasteiger partial charge in [-0.15, -0.1) is 0 Å². The third-order valence-corrected chi connectivity index (χ3v) is 3.53. The van der Waals surface area contributed by atoms with Crippen molar-refractivity contribution in [2.24, 2.45) is 17.8 Å². The van der Waals surface area contributed by atoms with Crippen LogP contribution in [0.15, 0.2) is 11.1 Å². The summed E-state index contributed by atoms with van der Waals surface area (Å²) >= 11 is 5.92. The maximum Gasteiger partial charge on any atom is 0.315 e. The van der Waals surface area contributed by atoms with Gasteiger partial charge in [0, 0.05) is 5.03 Å². The van der Waals surface area contributed by atoms with E-state index in [2.05, 4.69) is 9.47 Å². The Kier molecular flexibility index (Phi) is 3.30. The quantitative estimate of drug-likeness (QED) is 0.530. The first-order valence-corrected chi connectivity index (χ1v) is 5.62. The van der Waals surface area contributed by atoms with Gasteiger partial charge in [-0.25, -0.2) is 0 Å². The second-order valence-corrected chi connectivity index (χ2v) is 4.47. The Bertz CT molecular complexity index is 443. The molecule has 2 bridgehead atoms. The van der Waals surface area contributed by atoms with Gasteiger partial charge in [0.25, 0.3) is 0 Å². The highest BCUT2D eigenvalue weighted by Crippen LogP contribution is 2.44. The van der Waals surface area contributed by atoms with E-state index in [0.29, 0.717) is 0 Å². The predicted octanol–water partition coefficient (Wildman–Crippen LogP) is 0.243. The van der Waals surface area contributed by atoms with Gasteiger partial charge in [0.1, 0.15) is 17.9 Å². The van der Waals surface area contributed by atoms with Gasteiger partial charge in [-0.1, -0.05) is 11.6 Å². The zero-order valence-corrected chi connectivity index (χ0v) is 10.5. The van der Waals surface area contributed by atoms with Crippen molar-refractivity contribution in [3.8, 4) is 0 Å². The number of halogens is 1. The minimum Gasteiger partial charge on any atom is -0.469 e. The van der Waals surface area contributed by atoms with Gasteiger partial charge in [0.2, 0.25) is 0 Å². The Balaban J connectivity index is 2.44. The van der Waals surface area contributed by atoms with E-state index in [4.69, 9.17) is 16.3 Å². The number of methoxy groups -OCH3 is 2. The van der Waals surface area contributed by atoms with Crippen molar-refractivity contribution >= 4 is 29.5 Å². The lowest BCUT2D eigenvalue weighted by atomic mass is 9.71. The van der Waals surface area contributed by atoms with Crippen LogP contribution in [-0.4, -0.2) is 38.2 Å². The van der Waals surface area contributed by atoms with Crippen LogP contribution in [0.3, 0.4) is 0 Å². The van der Waals surface area contributed by atoms with Gasteiger partial charge in [-0.3, -0.25) is 14.4 Å². The van der Waals surface area contributed by atoms with Crippen molar-refractivity contribution < 1.29 is 28.6 Å². The summed E-state index contributed by atoms with van der Waals surface area (Å²) in [5, 5.41) is 0.201. The van der Waals surface area contributed by atoms with E-state index in [-0.39, 0.29) is 5.03 Å². The molecule has 0 spiro atoms. The SMILES string of the molecule is COC(=O)[C@H]1[C@@H]2C(=O)O[C@@H](C=C2Cl)[C@H]1C(=O)OC. The van der Waals surface area contributed by atoms with E-state index >= 15 is 0 Å². The number of hydrogen-bond acceptors (Lipinski definition) is 6. The van der Waals surface area contributed by atoms with Crippen LogP contribution in [0.5, 0.6) is 0 Å². The molecular formula is C11H11ClO6. The number of fused-ring (bicyclic) bond motifs is 2. The third-order valence-electron chi connectivity index (χ3n) is 3.17. The fourth-order valence-electron chi connectivity index (χ4n) is 2.36. The van der Waals surface area contributed by atoms with E-state index in [0.717, 1.165) is 0 Å². The molecule has 3 aliphatic rings. The average Bonchev–Trinajstić information content (AvgIpc) is 2.35. The second kappa shape index (κ2) is 4.61. The topological polar surface area (TPSA) is 78.9 Å². The summed E-state index contributed by atoms with van der Waals surface area (Å²) in [6, 6.07) is 0. The highest BCUT2D eigenvalue weighted by molar-refractivity contribution is 6.32. The molecule has 98 valence electrons. The lowest BCUT2D eigenvalue weighted by Gasteiger charge is -2.41. The van der Waals surface area contributed by atoms with Crippen LogP contribution in [0.2, 0.25) is 0 Å². The molecule has 1 fully saturated rings. The minimum absolute atomic E-state index is 0.201. The number of carbonyl (C=O) groups is 3.